The molecular formula is C15H17BrClN3. The highest BCUT2D eigenvalue weighted by Crippen LogP contribution is 2.28. The summed E-state index contributed by atoms with van der Waals surface area (Å²) in [4.78, 5) is 0. The van der Waals surface area contributed by atoms with E-state index in [9.17, 15) is 0 Å². The molecule has 1 heterocycles. The van der Waals surface area contributed by atoms with Crippen LogP contribution >= 0.6 is 27.5 Å². The molecule has 106 valence electrons. The Bertz CT molecular complexity index is 647. The van der Waals surface area contributed by atoms with Crippen LogP contribution in [0.25, 0.3) is 5.69 Å². The molecule has 3 nitrogen and oxygen atoms in total. The second-order valence-corrected chi connectivity index (χ2v) is 6.57. The number of rotatable bonds is 4. The summed E-state index contributed by atoms with van der Waals surface area (Å²) in [6.45, 7) is 4.83. The maximum absolute atomic E-state index is 6.21. The average molecular weight is 355 g/mol. The van der Waals surface area contributed by atoms with Gasteiger partial charge in [-0.25, -0.2) is 4.68 Å². The molecule has 0 unspecified atom stereocenters. The first-order valence-corrected chi connectivity index (χ1v) is 7.97. The van der Waals surface area contributed by atoms with Crippen LogP contribution in [0.5, 0.6) is 0 Å². The Hall–Kier alpha value is -0.840. The predicted octanol–water partition coefficient (Wildman–Crippen LogP) is 4.16. The highest BCUT2D eigenvalue weighted by Gasteiger charge is 2.20. The number of nitrogens with one attached hydrogen (secondary N) is 1. The monoisotopic (exact) mass is 353 g/mol. The molecule has 1 fully saturated rings. The van der Waals surface area contributed by atoms with Gasteiger partial charge in [0, 0.05) is 17.1 Å². The third kappa shape index (κ3) is 2.78. The summed E-state index contributed by atoms with van der Waals surface area (Å²) >= 11 is 9.86. The van der Waals surface area contributed by atoms with E-state index in [1.54, 1.807) is 0 Å². The van der Waals surface area contributed by atoms with Crippen molar-refractivity contribution in [3.63, 3.8) is 0 Å². The standard InChI is InChI=1S/C15H17BrClN3/c1-9-15(17)10(2)20(19-9)14-6-3-11(7-13(14)16)8-18-12-4-5-12/h3,6-7,12,18H,4-5,8H2,1-2H3. The van der Waals surface area contributed by atoms with Crippen LogP contribution in [-0.2, 0) is 6.54 Å². The second-order valence-electron chi connectivity index (χ2n) is 5.34. The van der Waals surface area contributed by atoms with Gasteiger partial charge in [-0.2, -0.15) is 5.10 Å². The lowest BCUT2D eigenvalue weighted by Gasteiger charge is -2.10. The molecule has 0 saturated heterocycles. The summed E-state index contributed by atoms with van der Waals surface area (Å²) in [5.41, 5.74) is 4.12. The molecule has 0 bridgehead atoms. The van der Waals surface area contributed by atoms with Gasteiger partial charge in [-0.15, -0.1) is 0 Å². The molecule has 1 aliphatic carbocycles. The van der Waals surface area contributed by atoms with Gasteiger partial charge in [-0.1, -0.05) is 17.7 Å². The van der Waals surface area contributed by atoms with Crippen molar-refractivity contribution in [2.24, 2.45) is 0 Å². The summed E-state index contributed by atoms with van der Waals surface area (Å²) in [7, 11) is 0. The molecule has 0 spiro atoms. The van der Waals surface area contributed by atoms with Crippen LogP contribution in [-0.4, -0.2) is 15.8 Å². The zero-order chi connectivity index (χ0) is 14.3. The lowest BCUT2D eigenvalue weighted by Crippen LogP contribution is -2.15. The lowest BCUT2D eigenvalue weighted by atomic mass is 10.2. The van der Waals surface area contributed by atoms with E-state index < -0.39 is 0 Å². The minimum Gasteiger partial charge on any atom is -0.310 e. The minimum atomic E-state index is 0.725. The van der Waals surface area contributed by atoms with Crippen LogP contribution in [0.15, 0.2) is 22.7 Å². The number of hydrogen-bond acceptors (Lipinski definition) is 2. The van der Waals surface area contributed by atoms with E-state index in [0.29, 0.717) is 0 Å². The van der Waals surface area contributed by atoms with Gasteiger partial charge in [0.1, 0.15) is 0 Å². The van der Waals surface area contributed by atoms with Crippen molar-refractivity contribution in [3.05, 3.63) is 44.6 Å². The quantitative estimate of drug-likeness (QED) is 0.893. The summed E-state index contributed by atoms with van der Waals surface area (Å²) < 4.78 is 2.93. The van der Waals surface area contributed by atoms with Gasteiger partial charge < -0.3 is 5.32 Å². The van der Waals surface area contributed by atoms with Crippen molar-refractivity contribution in [1.82, 2.24) is 15.1 Å². The zero-order valence-corrected chi connectivity index (χ0v) is 13.9. The van der Waals surface area contributed by atoms with Gasteiger partial charge >= 0.3 is 0 Å². The molecule has 1 aromatic heterocycles. The van der Waals surface area contributed by atoms with Crippen LogP contribution in [0.4, 0.5) is 0 Å². The SMILES string of the molecule is Cc1nn(-c2ccc(CNC3CC3)cc2Br)c(C)c1Cl. The van der Waals surface area contributed by atoms with E-state index in [0.717, 1.165) is 39.2 Å². The first-order valence-electron chi connectivity index (χ1n) is 6.80. The van der Waals surface area contributed by atoms with Crippen LogP contribution in [0.1, 0.15) is 29.8 Å². The highest BCUT2D eigenvalue weighted by atomic mass is 79.9. The normalized spacial score (nSPS) is 14.8. The van der Waals surface area contributed by atoms with Crippen LogP contribution in [0.2, 0.25) is 5.02 Å². The van der Waals surface area contributed by atoms with Crippen molar-refractivity contribution < 1.29 is 0 Å². The molecule has 5 heteroatoms. The molecule has 0 atom stereocenters. The second kappa shape index (κ2) is 5.51. The van der Waals surface area contributed by atoms with E-state index in [-0.39, 0.29) is 0 Å². The van der Waals surface area contributed by atoms with Gasteiger partial charge in [0.2, 0.25) is 0 Å². The number of aromatic nitrogens is 2. The molecule has 20 heavy (non-hydrogen) atoms. The molecule has 2 aromatic rings. The molecule has 1 N–H and O–H groups in total. The summed E-state index contributed by atoms with van der Waals surface area (Å²) in [5.74, 6) is 0. The van der Waals surface area contributed by atoms with E-state index in [4.69, 9.17) is 11.6 Å². The van der Waals surface area contributed by atoms with E-state index in [2.05, 4.69) is 44.5 Å². The van der Waals surface area contributed by atoms with Gasteiger partial charge in [0.25, 0.3) is 0 Å². The van der Waals surface area contributed by atoms with Gasteiger partial charge in [-0.3, -0.25) is 0 Å². The first kappa shape index (κ1) is 14.1. The average Bonchev–Trinajstić information content (AvgIpc) is 3.21. The Labute approximate surface area is 132 Å². The van der Waals surface area contributed by atoms with Gasteiger partial charge in [-0.05, 0) is 60.3 Å². The van der Waals surface area contributed by atoms with Crippen molar-refractivity contribution in [2.45, 2.75) is 39.3 Å². The molecule has 3 rings (SSSR count). The van der Waals surface area contributed by atoms with E-state index >= 15 is 0 Å². The number of nitrogens with zero attached hydrogens (tertiary/aromatic N) is 2. The van der Waals surface area contributed by atoms with Crippen molar-refractivity contribution in [3.8, 4) is 5.69 Å². The smallest absolute Gasteiger partial charge is 0.0848 e. The molecule has 1 aliphatic rings. The third-order valence-electron chi connectivity index (χ3n) is 3.62. The van der Waals surface area contributed by atoms with Crippen LogP contribution in [0.3, 0.4) is 0 Å². The van der Waals surface area contributed by atoms with Crippen molar-refractivity contribution in [1.29, 1.82) is 0 Å². The van der Waals surface area contributed by atoms with Crippen LogP contribution in [0, 0.1) is 13.8 Å². The Balaban J connectivity index is 1.87. The highest BCUT2D eigenvalue weighted by molar-refractivity contribution is 9.10. The Morgan fingerprint density at radius 3 is 2.70 bits per heavy atom. The van der Waals surface area contributed by atoms with Gasteiger partial charge in [0.05, 0.1) is 22.1 Å². The zero-order valence-electron chi connectivity index (χ0n) is 11.6. The van der Waals surface area contributed by atoms with Gasteiger partial charge in [0.15, 0.2) is 0 Å². The molecular weight excluding hydrogens is 338 g/mol. The van der Waals surface area contributed by atoms with Crippen molar-refractivity contribution in [2.75, 3.05) is 0 Å². The Morgan fingerprint density at radius 1 is 1.40 bits per heavy atom. The molecule has 0 aliphatic heterocycles. The maximum atomic E-state index is 6.21. The molecule has 1 aromatic carbocycles. The molecule has 1 saturated carbocycles. The first-order chi connectivity index (χ1) is 9.56. The minimum absolute atomic E-state index is 0.725. The number of halogens is 2. The Morgan fingerprint density at radius 2 is 2.15 bits per heavy atom. The number of benzene rings is 1. The maximum Gasteiger partial charge on any atom is 0.0848 e. The summed E-state index contributed by atoms with van der Waals surface area (Å²) in [5, 5.41) is 8.75. The number of aryl methyl sites for hydroxylation is 1. The summed E-state index contributed by atoms with van der Waals surface area (Å²) in [6.07, 6.45) is 2.62. The predicted molar refractivity (Wildman–Crippen MR) is 85.6 cm³/mol. The fourth-order valence-electron chi connectivity index (χ4n) is 2.24. The van der Waals surface area contributed by atoms with Crippen LogP contribution < -0.4 is 5.32 Å². The van der Waals surface area contributed by atoms with Crippen molar-refractivity contribution >= 4 is 27.5 Å². The third-order valence-corrected chi connectivity index (χ3v) is 4.80. The Kier molecular flexibility index (Phi) is 3.89. The fraction of sp³-hybridized carbons (Fsp3) is 0.400. The lowest BCUT2D eigenvalue weighted by molar-refractivity contribution is 0.687. The molecule has 0 amide bonds. The summed E-state index contributed by atoms with van der Waals surface area (Å²) in [6, 6.07) is 7.10. The largest absolute Gasteiger partial charge is 0.310 e. The topological polar surface area (TPSA) is 29.9 Å². The molecule has 0 radical (unpaired) electrons. The fourth-order valence-corrected chi connectivity index (χ4v) is 2.95. The van der Waals surface area contributed by atoms with E-state index in [1.807, 2.05) is 18.5 Å². The van der Waals surface area contributed by atoms with E-state index in [1.165, 1.54) is 18.4 Å². The number of hydrogen-bond donors (Lipinski definition) is 1.